The van der Waals surface area contributed by atoms with Crippen LogP contribution in [-0.4, -0.2) is 19.1 Å². The van der Waals surface area contributed by atoms with Crippen LogP contribution in [0.15, 0.2) is 0 Å². The van der Waals surface area contributed by atoms with Gasteiger partial charge < -0.3 is 11.1 Å². The summed E-state index contributed by atoms with van der Waals surface area (Å²) in [4.78, 5) is 0. The number of rotatable bonds is 3. The van der Waals surface area contributed by atoms with Crippen LogP contribution in [0.1, 0.15) is 39.5 Å². The summed E-state index contributed by atoms with van der Waals surface area (Å²) in [6.07, 6.45) is 5.19. The van der Waals surface area contributed by atoms with Crippen molar-refractivity contribution in [2.75, 3.05) is 13.6 Å². The third kappa shape index (κ3) is 2.44. The molecule has 0 aromatic rings. The normalized spacial score (nSPS) is 35.3. The quantitative estimate of drug-likeness (QED) is 0.701. The minimum atomic E-state index is 0.255. The number of likely N-dealkylation sites (N-methyl/N-ethyl adjacent to an activating group) is 1. The van der Waals surface area contributed by atoms with E-state index in [0.29, 0.717) is 0 Å². The maximum atomic E-state index is 5.81. The van der Waals surface area contributed by atoms with Crippen molar-refractivity contribution in [2.24, 2.45) is 17.6 Å². The highest BCUT2D eigenvalue weighted by molar-refractivity contribution is 4.93. The van der Waals surface area contributed by atoms with E-state index in [1.807, 2.05) is 7.05 Å². The van der Waals surface area contributed by atoms with Crippen LogP contribution in [-0.2, 0) is 0 Å². The van der Waals surface area contributed by atoms with E-state index in [1.54, 1.807) is 0 Å². The Morgan fingerprint density at radius 3 is 2.23 bits per heavy atom. The van der Waals surface area contributed by atoms with E-state index in [-0.39, 0.29) is 5.54 Å². The second-order valence-corrected chi connectivity index (χ2v) is 4.82. The Hall–Kier alpha value is -0.0800. The summed E-state index contributed by atoms with van der Waals surface area (Å²) in [5.41, 5.74) is 6.06. The molecule has 0 aromatic heterocycles. The summed E-state index contributed by atoms with van der Waals surface area (Å²) in [6.45, 7) is 5.45. The molecule has 0 unspecified atom stereocenters. The van der Waals surface area contributed by atoms with Gasteiger partial charge in [0.05, 0.1) is 0 Å². The third-order valence-corrected chi connectivity index (χ3v) is 3.85. The second kappa shape index (κ2) is 4.43. The lowest BCUT2D eigenvalue weighted by Gasteiger charge is -2.40. The summed E-state index contributed by atoms with van der Waals surface area (Å²) in [5.74, 6) is 1.76. The first-order chi connectivity index (χ1) is 6.13. The molecule has 0 saturated heterocycles. The van der Waals surface area contributed by atoms with Gasteiger partial charge in [-0.05, 0) is 44.6 Å². The van der Waals surface area contributed by atoms with Gasteiger partial charge in [0, 0.05) is 12.1 Å². The summed E-state index contributed by atoms with van der Waals surface area (Å²) < 4.78 is 0. The van der Waals surface area contributed by atoms with Gasteiger partial charge in [0.1, 0.15) is 0 Å². The number of nitrogens with two attached hydrogens (primary N) is 1. The van der Waals surface area contributed by atoms with Crippen LogP contribution < -0.4 is 11.1 Å². The highest BCUT2D eigenvalue weighted by Gasteiger charge is 2.33. The van der Waals surface area contributed by atoms with Crippen molar-refractivity contribution in [1.29, 1.82) is 0 Å². The van der Waals surface area contributed by atoms with Crippen molar-refractivity contribution in [3.63, 3.8) is 0 Å². The SMILES string of the molecule is CNC1(CN)CCC(C(C)C)CC1. The molecule has 0 aliphatic heterocycles. The predicted octanol–water partition coefficient (Wildman–Crippen LogP) is 1.75. The van der Waals surface area contributed by atoms with E-state index in [9.17, 15) is 0 Å². The largest absolute Gasteiger partial charge is 0.329 e. The van der Waals surface area contributed by atoms with Crippen molar-refractivity contribution in [3.8, 4) is 0 Å². The van der Waals surface area contributed by atoms with Crippen LogP contribution in [0.25, 0.3) is 0 Å². The number of hydrogen-bond acceptors (Lipinski definition) is 2. The molecule has 2 heteroatoms. The van der Waals surface area contributed by atoms with Crippen molar-refractivity contribution in [1.82, 2.24) is 5.32 Å². The molecule has 1 aliphatic rings. The van der Waals surface area contributed by atoms with Crippen molar-refractivity contribution in [3.05, 3.63) is 0 Å². The lowest BCUT2D eigenvalue weighted by atomic mass is 9.73. The first kappa shape index (κ1) is 11.0. The average Bonchev–Trinajstić information content (AvgIpc) is 2.18. The van der Waals surface area contributed by atoms with E-state index in [1.165, 1.54) is 25.7 Å². The van der Waals surface area contributed by atoms with Gasteiger partial charge in [-0.25, -0.2) is 0 Å². The molecule has 1 rings (SSSR count). The van der Waals surface area contributed by atoms with Gasteiger partial charge in [0.15, 0.2) is 0 Å². The third-order valence-electron chi connectivity index (χ3n) is 3.85. The Morgan fingerprint density at radius 2 is 1.92 bits per heavy atom. The van der Waals surface area contributed by atoms with Crippen molar-refractivity contribution >= 4 is 0 Å². The Morgan fingerprint density at radius 1 is 1.38 bits per heavy atom. The first-order valence-electron chi connectivity index (χ1n) is 5.52. The molecule has 0 heterocycles. The fourth-order valence-corrected chi connectivity index (χ4v) is 2.42. The van der Waals surface area contributed by atoms with Gasteiger partial charge in [-0.2, -0.15) is 0 Å². The van der Waals surface area contributed by atoms with Gasteiger partial charge in [0.2, 0.25) is 0 Å². The molecule has 0 bridgehead atoms. The summed E-state index contributed by atoms with van der Waals surface area (Å²) in [5, 5.41) is 3.40. The molecule has 1 saturated carbocycles. The molecule has 0 atom stereocenters. The van der Waals surface area contributed by atoms with E-state index in [2.05, 4.69) is 19.2 Å². The van der Waals surface area contributed by atoms with Crippen LogP contribution in [0.3, 0.4) is 0 Å². The van der Waals surface area contributed by atoms with Crippen molar-refractivity contribution < 1.29 is 0 Å². The summed E-state index contributed by atoms with van der Waals surface area (Å²) >= 11 is 0. The smallest absolute Gasteiger partial charge is 0.0301 e. The van der Waals surface area contributed by atoms with Crippen molar-refractivity contribution in [2.45, 2.75) is 45.1 Å². The Bertz CT molecular complexity index is 140. The van der Waals surface area contributed by atoms with Gasteiger partial charge in [-0.3, -0.25) is 0 Å². The first-order valence-corrected chi connectivity index (χ1v) is 5.52. The molecule has 78 valence electrons. The average molecular weight is 184 g/mol. The lowest BCUT2D eigenvalue weighted by molar-refractivity contribution is 0.174. The maximum Gasteiger partial charge on any atom is 0.0301 e. The van der Waals surface area contributed by atoms with Gasteiger partial charge in [0.25, 0.3) is 0 Å². The topological polar surface area (TPSA) is 38.0 Å². The Balaban J connectivity index is 2.45. The van der Waals surface area contributed by atoms with E-state index in [0.717, 1.165) is 18.4 Å². The van der Waals surface area contributed by atoms with Gasteiger partial charge in [-0.15, -0.1) is 0 Å². The van der Waals surface area contributed by atoms with Crippen LogP contribution in [0, 0.1) is 11.8 Å². The molecule has 0 radical (unpaired) electrons. The molecular weight excluding hydrogens is 160 g/mol. The molecule has 0 amide bonds. The summed E-state index contributed by atoms with van der Waals surface area (Å²) in [6, 6.07) is 0. The molecule has 0 aromatic carbocycles. The maximum absolute atomic E-state index is 5.81. The molecular formula is C11H24N2. The monoisotopic (exact) mass is 184 g/mol. The highest BCUT2D eigenvalue weighted by Crippen LogP contribution is 2.34. The molecule has 3 N–H and O–H groups in total. The van der Waals surface area contributed by atoms with Crippen LogP contribution in [0.4, 0.5) is 0 Å². The van der Waals surface area contributed by atoms with E-state index >= 15 is 0 Å². The molecule has 1 aliphatic carbocycles. The van der Waals surface area contributed by atoms with Crippen LogP contribution in [0.5, 0.6) is 0 Å². The number of hydrogen-bond donors (Lipinski definition) is 2. The standard InChI is InChI=1S/C11H24N2/c1-9(2)10-4-6-11(8-12,13-3)7-5-10/h9-10,13H,4-8,12H2,1-3H3. The molecule has 1 fully saturated rings. The van der Waals surface area contributed by atoms with E-state index < -0.39 is 0 Å². The lowest BCUT2D eigenvalue weighted by Crippen LogP contribution is -2.52. The van der Waals surface area contributed by atoms with Gasteiger partial charge >= 0.3 is 0 Å². The Labute approximate surface area is 82.3 Å². The fraction of sp³-hybridized carbons (Fsp3) is 1.00. The Kier molecular flexibility index (Phi) is 3.74. The number of nitrogens with one attached hydrogen (secondary N) is 1. The van der Waals surface area contributed by atoms with Gasteiger partial charge in [-0.1, -0.05) is 13.8 Å². The zero-order chi connectivity index (χ0) is 9.90. The molecule has 0 spiro atoms. The predicted molar refractivity (Wildman–Crippen MR) is 57.6 cm³/mol. The molecule has 13 heavy (non-hydrogen) atoms. The van der Waals surface area contributed by atoms with Crippen LogP contribution in [0.2, 0.25) is 0 Å². The van der Waals surface area contributed by atoms with E-state index in [4.69, 9.17) is 5.73 Å². The zero-order valence-electron chi connectivity index (χ0n) is 9.27. The second-order valence-electron chi connectivity index (χ2n) is 4.82. The zero-order valence-corrected chi connectivity index (χ0v) is 9.27. The van der Waals surface area contributed by atoms with Crippen LogP contribution >= 0.6 is 0 Å². The molecule has 2 nitrogen and oxygen atoms in total. The summed E-state index contributed by atoms with van der Waals surface area (Å²) in [7, 11) is 2.04. The fourth-order valence-electron chi connectivity index (χ4n) is 2.42. The highest BCUT2D eigenvalue weighted by atomic mass is 15.0. The minimum Gasteiger partial charge on any atom is -0.329 e. The minimum absolute atomic E-state index is 0.255.